The molecular formula is C19H22O5. The van der Waals surface area contributed by atoms with Crippen molar-refractivity contribution in [3.63, 3.8) is 0 Å². The van der Waals surface area contributed by atoms with Gasteiger partial charge in [0.2, 0.25) is 0 Å². The Morgan fingerprint density at radius 2 is 2.21 bits per heavy atom. The van der Waals surface area contributed by atoms with E-state index in [1.54, 1.807) is 0 Å². The van der Waals surface area contributed by atoms with Gasteiger partial charge in [-0.15, -0.1) is 0 Å². The Kier molecular flexibility index (Phi) is 2.32. The lowest BCUT2D eigenvalue weighted by Crippen LogP contribution is -2.47. The van der Waals surface area contributed by atoms with E-state index >= 15 is 0 Å². The first-order chi connectivity index (χ1) is 11.2. The Morgan fingerprint density at radius 1 is 1.46 bits per heavy atom. The molecule has 3 saturated carbocycles. The molecule has 5 nitrogen and oxygen atoms in total. The Labute approximate surface area is 140 Å². The predicted molar refractivity (Wildman–Crippen MR) is 83.8 cm³/mol. The number of esters is 1. The van der Waals surface area contributed by atoms with Crippen LogP contribution in [-0.4, -0.2) is 33.4 Å². The Morgan fingerprint density at radius 3 is 2.92 bits per heavy atom. The number of hydrogen-bond acceptors (Lipinski definition) is 4. The standard InChI is InChI=1S/C19H22O5/c1-10-8-17-9-18(10,23)7-4-11(17)19-6-3-5-16(2,15(22)24-19)13(19)12(17)14(20)21/h3,5,11-13,23H,1,4,6-9H2,2H3,(H,20,21)/t11-,12+,13-,16+,17-,18-,19+/m0/s1. The molecule has 128 valence electrons. The zero-order chi connectivity index (χ0) is 17.1. The normalized spacial score (nSPS) is 56.8. The SMILES string of the molecule is C=C1C[C@]23C[C@@]1(O)CC[C@@H]2[C@@]12CC=C[C@@](C)(C(=O)O1)[C@@H]2[C@@H]3C(=O)O. The van der Waals surface area contributed by atoms with Crippen molar-refractivity contribution in [3.8, 4) is 0 Å². The monoisotopic (exact) mass is 330 g/mol. The molecule has 5 rings (SSSR count). The molecular weight excluding hydrogens is 308 g/mol. The molecule has 4 aliphatic carbocycles. The van der Waals surface area contributed by atoms with Crippen molar-refractivity contribution in [2.24, 2.45) is 28.6 Å². The van der Waals surface area contributed by atoms with Gasteiger partial charge >= 0.3 is 11.9 Å². The van der Waals surface area contributed by atoms with Crippen LogP contribution in [0.5, 0.6) is 0 Å². The molecule has 2 N–H and O–H groups in total. The van der Waals surface area contributed by atoms with Crippen LogP contribution in [0.1, 0.15) is 39.0 Å². The van der Waals surface area contributed by atoms with E-state index in [0.717, 1.165) is 5.57 Å². The second kappa shape index (κ2) is 3.79. The Bertz CT molecular complexity index is 740. The van der Waals surface area contributed by atoms with E-state index in [2.05, 4.69) is 6.58 Å². The van der Waals surface area contributed by atoms with Gasteiger partial charge in [-0.2, -0.15) is 0 Å². The summed E-state index contributed by atoms with van der Waals surface area (Å²) in [4.78, 5) is 25.0. The summed E-state index contributed by atoms with van der Waals surface area (Å²) in [5, 5.41) is 21.1. The summed E-state index contributed by atoms with van der Waals surface area (Å²) in [5.41, 5.74) is -2.35. The highest BCUT2D eigenvalue weighted by molar-refractivity contribution is 5.86. The number of carbonyl (C=O) groups is 2. The molecule has 1 spiro atoms. The summed E-state index contributed by atoms with van der Waals surface area (Å²) in [7, 11) is 0. The lowest BCUT2D eigenvalue weighted by Gasteiger charge is -2.45. The van der Waals surface area contributed by atoms with E-state index in [1.807, 2.05) is 19.1 Å². The van der Waals surface area contributed by atoms with Gasteiger partial charge in [0.1, 0.15) is 5.60 Å². The fraction of sp³-hybridized carbons (Fsp3) is 0.684. The Balaban J connectivity index is 1.77. The molecule has 0 aromatic rings. The summed E-state index contributed by atoms with van der Waals surface area (Å²) in [5.74, 6) is -2.23. The molecule has 7 atom stereocenters. The number of aliphatic carboxylic acids is 1. The molecule has 1 heterocycles. The third-order valence-electron chi connectivity index (χ3n) is 7.97. The first-order valence-electron chi connectivity index (χ1n) is 8.74. The molecule has 0 radical (unpaired) electrons. The van der Waals surface area contributed by atoms with Gasteiger partial charge in [-0.1, -0.05) is 18.7 Å². The van der Waals surface area contributed by atoms with Crippen LogP contribution in [0.4, 0.5) is 0 Å². The van der Waals surface area contributed by atoms with E-state index in [0.29, 0.717) is 32.1 Å². The first-order valence-corrected chi connectivity index (χ1v) is 8.74. The summed E-state index contributed by atoms with van der Waals surface area (Å²) in [6, 6.07) is 0. The predicted octanol–water partition coefficient (Wildman–Crippen LogP) is 2.06. The average Bonchev–Trinajstić information content (AvgIpc) is 2.88. The molecule has 0 aromatic heterocycles. The molecule has 4 fully saturated rings. The highest BCUT2D eigenvalue weighted by atomic mass is 16.6. The van der Waals surface area contributed by atoms with Gasteiger partial charge in [0.15, 0.2) is 0 Å². The maximum atomic E-state index is 12.6. The fourth-order valence-corrected chi connectivity index (χ4v) is 7.23. The largest absolute Gasteiger partial charge is 0.481 e. The van der Waals surface area contributed by atoms with Crippen LogP contribution in [0, 0.1) is 28.6 Å². The number of ether oxygens (including phenoxy) is 1. The second-order valence-electron chi connectivity index (χ2n) is 8.84. The summed E-state index contributed by atoms with van der Waals surface area (Å²) in [6.07, 6.45) is 6.66. The second-order valence-corrected chi connectivity index (χ2v) is 8.84. The van der Waals surface area contributed by atoms with Gasteiger partial charge in [-0.05, 0) is 43.6 Å². The lowest BCUT2D eigenvalue weighted by molar-refractivity contribution is -0.162. The maximum Gasteiger partial charge on any atom is 0.316 e. The maximum absolute atomic E-state index is 12.6. The van der Waals surface area contributed by atoms with Gasteiger partial charge in [0.05, 0.1) is 16.9 Å². The third kappa shape index (κ3) is 1.25. The van der Waals surface area contributed by atoms with E-state index < -0.39 is 33.9 Å². The highest BCUT2D eigenvalue weighted by Gasteiger charge is 2.82. The van der Waals surface area contributed by atoms with Crippen LogP contribution in [0.25, 0.3) is 0 Å². The number of carboxylic acids is 1. The molecule has 0 amide bonds. The molecule has 0 unspecified atom stereocenters. The first kappa shape index (κ1) is 14.7. The summed E-state index contributed by atoms with van der Waals surface area (Å²) >= 11 is 0. The number of hydrogen-bond donors (Lipinski definition) is 2. The van der Waals surface area contributed by atoms with Crippen LogP contribution in [0.3, 0.4) is 0 Å². The van der Waals surface area contributed by atoms with Crippen molar-refractivity contribution in [1.29, 1.82) is 0 Å². The van der Waals surface area contributed by atoms with Gasteiger partial charge < -0.3 is 14.9 Å². The van der Waals surface area contributed by atoms with Crippen LogP contribution in [-0.2, 0) is 14.3 Å². The van der Waals surface area contributed by atoms with Crippen LogP contribution in [0.2, 0.25) is 0 Å². The molecule has 1 aliphatic heterocycles. The van der Waals surface area contributed by atoms with Crippen molar-refractivity contribution in [1.82, 2.24) is 0 Å². The number of carboxylic acid groups (broad SMARTS) is 1. The molecule has 0 aromatic carbocycles. The summed E-state index contributed by atoms with van der Waals surface area (Å²) in [6.45, 7) is 5.88. The van der Waals surface area contributed by atoms with Crippen molar-refractivity contribution in [2.75, 3.05) is 0 Å². The van der Waals surface area contributed by atoms with E-state index in [-0.39, 0.29) is 17.8 Å². The van der Waals surface area contributed by atoms with Gasteiger partial charge in [0, 0.05) is 18.3 Å². The number of carbonyl (C=O) groups excluding carboxylic acids is 1. The zero-order valence-electron chi connectivity index (χ0n) is 13.7. The topological polar surface area (TPSA) is 83.8 Å². The van der Waals surface area contributed by atoms with E-state index in [1.165, 1.54) is 0 Å². The lowest BCUT2D eigenvalue weighted by atomic mass is 9.62. The molecule has 5 aliphatic rings. The van der Waals surface area contributed by atoms with Gasteiger partial charge in [-0.3, -0.25) is 9.59 Å². The Hall–Kier alpha value is -1.62. The van der Waals surface area contributed by atoms with Crippen molar-refractivity contribution < 1.29 is 24.5 Å². The van der Waals surface area contributed by atoms with Gasteiger partial charge in [-0.25, -0.2) is 0 Å². The quantitative estimate of drug-likeness (QED) is 0.568. The molecule has 1 saturated heterocycles. The number of fused-ring (bicyclic) bond motifs is 1. The van der Waals surface area contributed by atoms with E-state index in [4.69, 9.17) is 4.74 Å². The van der Waals surface area contributed by atoms with Gasteiger partial charge in [0.25, 0.3) is 0 Å². The minimum absolute atomic E-state index is 0.0219. The molecule has 24 heavy (non-hydrogen) atoms. The zero-order valence-corrected chi connectivity index (χ0v) is 13.7. The fourth-order valence-electron chi connectivity index (χ4n) is 7.23. The smallest absolute Gasteiger partial charge is 0.316 e. The average molecular weight is 330 g/mol. The van der Waals surface area contributed by atoms with E-state index in [9.17, 15) is 19.8 Å². The minimum Gasteiger partial charge on any atom is -0.481 e. The highest BCUT2D eigenvalue weighted by Crippen LogP contribution is 2.77. The molecule has 5 heteroatoms. The van der Waals surface area contributed by atoms with Crippen LogP contribution in [0.15, 0.2) is 24.3 Å². The summed E-state index contributed by atoms with van der Waals surface area (Å²) < 4.78 is 5.99. The third-order valence-corrected chi connectivity index (χ3v) is 7.97. The number of rotatable bonds is 1. The van der Waals surface area contributed by atoms with Crippen LogP contribution < -0.4 is 0 Å². The molecule has 4 bridgehead atoms. The van der Waals surface area contributed by atoms with Crippen molar-refractivity contribution in [2.45, 2.75) is 50.2 Å². The number of aliphatic hydroxyl groups is 1. The van der Waals surface area contributed by atoms with Crippen molar-refractivity contribution >= 4 is 11.9 Å². The minimum atomic E-state index is -0.952. The van der Waals surface area contributed by atoms with Crippen molar-refractivity contribution in [3.05, 3.63) is 24.3 Å². The van der Waals surface area contributed by atoms with Crippen LogP contribution >= 0.6 is 0 Å².